The third-order valence-electron chi connectivity index (χ3n) is 3.08. The van der Waals surface area contributed by atoms with Crippen LogP contribution in [0, 0.1) is 0 Å². The fourth-order valence-corrected chi connectivity index (χ4v) is 3.40. The maximum atomic E-state index is 11.1. The third kappa shape index (κ3) is 4.23. The number of rotatable bonds is 4. The van der Waals surface area contributed by atoms with E-state index in [0.29, 0.717) is 6.42 Å². The highest BCUT2D eigenvalue weighted by atomic mass is 28.3. The van der Waals surface area contributed by atoms with Crippen molar-refractivity contribution in [1.82, 2.24) is 9.47 Å². The van der Waals surface area contributed by atoms with Crippen molar-refractivity contribution in [2.45, 2.75) is 32.5 Å². The van der Waals surface area contributed by atoms with Crippen LogP contribution in [-0.4, -0.2) is 57.1 Å². The molecule has 0 bridgehead atoms. The zero-order chi connectivity index (χ0) is 12.2. The van der Waals surface area contributed by atoms with Crippen molar-refractivity contribution in [3.05, 3.63) is 0 Å². The van der Waals surface area contributed by atoms with Gasteiger partial charge in [-0.2, -0.15) is 0 Å². The summed E-state index contributed by atoms with van der Waals surface area (Å²) in [5.41, 5.74) is 0. The highest BCUT2D eigenvalue weighted by molar-refractivity contribution is 6.73. The van der Waals surface area contributed by atoms with Gasteiger partial charge in [-0.25, -0.2) is 0 Å². The van der Waals surface area contributed by atoms with E-state index in [2.05, 4.69) is 33.8 Å². The van der Waals surface area contributed by atoms with E-state index < -0.39 is 8.24 Å². The van der Waals surface area contributed by atoms with Crippen LogP contribution in [0.4, 0.5) is 0 Å². The van der Waals surface area contributed by atoms with Crippen molar-refractivity contribution in [1.29, 1.82) is 0 Å². The average Bonchev–Trinajstić information content (AvgIpc) is 2.25. The first-order valence-corrected chi connectivity index (χ1v) is 9.42. The van der Waals surface area contributed by atoms with E-state index in [0.717, 1.165) is 19.8 Å². The van der Waals surface area contributed by atoms with E-state index in [-0.39, 0.29) is 5.97 Å². The van der Waals surface area contributed by atoms with Gasteiger partial charge in [-0.1, -0.05) is 19.6 Å². The monoisotopic (exact) mass is 244 g/mol. The molecule has 0 spiro atoms. The quantitative estimate of drug-likeness (QED) is 0.552. The Morgan fingerprint density at radius 1 is 1.31 bits per heavy atom. The van der Waals surface area contributed by atoms with Crippen LogP contribution in [0.5, 0.6) is 0 Å². The molecule has 1 heterocycles. The Bertz CT molecular complexity index is 241. The fraction of sp³-hybridized carbons (Fsp3) is 0.909. The van der Waals surface area contributed by atoms with E-state index in [1.165, 1.54) is 20.1 Å². The van der Waals surface area contributed by atoms with Crippen molar-refractivity contribution >= 4 is 14.2 Å². The Balaban J connectivity index is 2.36. The minimum absolute atomic E-state index is 0.106. The number of nitrogens with zero attached hydrogens (tertiary/aromatic N) is 2. The van der Waals surface area contributed by atoms with Crippen LogP contribution in [0.3, 0.4) is 0 Å². The first-order valence-electron chi connectivity index (χ1n) is 5.97. The van der Waals surface area contributed by atoms with Crippen molar-refractivity contribution in [3.63, 3.8) is 0 Å². The summed E-state index contributed by atoms with van der Waals surface area (Å²) < 4.78 is 7.26. The molecular formula is C11H24N2O2Si. The number of hydrogen-bond donors (Lipinski definition) is 0. The number of esters is 1. The molecule has 0 aromatic rings. The average molecular weight is 244 g/mol. The Kier molecular flexibility index (Phi) is 4.95. The summed E-state index contributed by atoms with van der Waals surface area (Å²) in [6.07, 6.45) is 1.72. The molecule has 1 rings (SSSR count). The number of methoxy groups -OCH3 is 1. The van der Waals surface area contributed by atoms with Gasteiger partial charge in [0, 0.05) is 19.8 Å². The van der Waals surface area contributed by atoms with Crippen LogP contribution < -0.4 is 0 Å². The van der Waals surface area contributed by atoms with E-state index in [1.807, 2.05) is 0 Å². The summed E-state index contributed by atoms with van der Waals surface area (Å²) in [6, 6.07) is 0. The van der Waals surface area contributed by atoms with E-state index in [9.17, 15) is 4.79 Å². The molecule has 1 fully saturated rings. The lowest BCUT2D eigenvalue weighted by Crippen LogP contribution is -2.55. The highest BCUT2D eigenvalue weighted by Gasteiger charge is 2.28. The minimum Gasteiger partial charge on any atom is -0.469 e. The lowest BCUT2D eigenvalue weighted by Gasteiger charge is -2.42. The van der Waals surface area contributed by atoms with Crippen LogP contribution in [0.25, 0.3) is 0 Å². The summed E-state index contributed by atoms with van der Waals surface area (Å²) in [5.74, 6) is -0.106. The van der Waals surface area contributed by atoms with E-state index >= 15 is 0 Å². The maximum Gasteiger partial charge on any atom is 0.306 e. The molecule has 1 aliphatic rings. The molecule has 5 heteroatoms. The summed E-state index contributed by atoms with van der Waals surface area (Å²) in [4.78, 5) is 13.4. The fourth-order valence-electron chi connectivity index (χ4n) is 1.95. The lowest BCUT2D eigenvalue weighted by molar-refractivity contribution is -0.141. The molecule has 1 aliphatic heterocycles. The maximum absolute atomic E-state index is 11.1. The summed E-state index contributed by atoms with van der Waals surface area (Å²) in [6.45, 7) is 11.3. The molecule has 94 valence electrons. The van der Waals surface area contributed by atoms with Gasteiger partial charge in [-0.05, 0) is 13.0 Å². The van der Waals surface area contributed by atoms with Gasteiger partial charge in [0.1, 0.15) is 8.24 Å². The third-order valence-corrected chi connectivity index (χ3v) is 5.34. The Hall–Kier alpha value is -0.393. The first-order chi connectivity index (χ1) is 7.43. The Labute approximate surface area is 99.6 Å². The van der Waals surface area contributed by atoms with Crippen LogP contribution in [0.1, 0.15) is 12.8 Å². The molecule has 0 atom stereocenters. The lowest BCUT2D eigenvalue weighted by atomic mass is 10.3. The summed E-state index contributed by atoms with van der Waals surface area (Å²) in [7, 11) is 0.264. The van der Waals surface area contributed by atoms with Crippen molar-refractivity contribution in [2.24, 2.45) is 0 Å². The molecule has 4 nitrogen and oxygen atoms in total. The Morgan fingerprint density at radius 2 is 2.00 bits per heavy atom. The van der Waals surface area contributed by atoms with E-state index in [1.54, 1.807) is 0 Å². The molecule has 0 aliphatic carbocycles. The second-order valence-electron chi connectivity index (χ2n) is 5.37. The molecular weight excluding hydrogens is 220 g/mol. The smallest absolute Gasteiger partial charge is 0.306 e. The summed E-state index contributed by atoms with van der Waals surface area (Å²) in [5, 5.41) is 0. The number of carbonyl (C=O) groups is 1. The predicted molar refractivity (Wildman–Crippen MR) is 67.7 cm³/mol. The van der Waals surface area contributed by atoms with Gasteiger partial charge in [-0.15, -0.1) is 0 Å². The largest absolute Gasteiger partial charge is 0.469 e. The number of hydrogen-bond acceptors (Lipinski definition) is 4. The van der Waals surface area contributed by atoms with E-state index in [4.69, 9.17) is 0 Å². The van der Waals surface area contributed by atoms with Gasteiger partial charge in [0.25, 0.3) is 0 Å². The zero-order valence-electron chi connectivity index (χ0n) is 11.0. The van der Waals surface area contributed by atoms with Crippen molar-refractivity contribution in [3.8, 4) is 0 Å². The minimum atomic E-state index is -1.19. The summed E-state index contributed by atoms with van der Waals surface area (Å²) >= 11 is 0. The van der Waals surface area contributed by atoms with Gasteiger partial charge in [0.05, 0.1) is 13.5 Å². The first kappa shape index (κ1) is 13.7. The van der Waals surface area contributed by atoms with Crippen molar-refractivity contribution < 1.29 is 9.53 Å². The van der Waals surface area contributed by atoms with Gasteiger partial charge in [0.15, 0.2) is 0 Å². The normalized spacial score (nSPS) is 19.8. The van der Waals surface area contributed by atoms with Crippen LogP contribution in [0.2, 0.25) is 19.6 Å². The SMILES string of the molecule is COC(=O)CCN1CCCN([Si](C)(C)C)C1. The molecule has 1 saturated heterocycles. The molecule has 0 amide bonds. The Morgan fingerprint density at radius 3 is 2.56 bits per heavy atom. The van der Waals surface area contributed by atoms with Crippen LogP contribution in [0.15, 0.2) is 0 Å². The second-order valence-corrected chi connectivity index (χ2v) is 10.3. The highest BCUT2D eigenvalue weighted by Crippen LogP contribution is 2.15. The van der Waals surface area contributed by atoms with Crippen molar-refractivity contribution in [2.75, 3.05) is 33.4 Å². The molecule has 0 aromatic carbocycles. The standard InChI is InChI=1S/C11H24N2O2Si/c1-15-11(14)6-9-12-7-5-8-13(10-12)16(2,3)4/h5-10H2,1-4H3. The van der Waals surface area contributed by atoms with Gasteiger partial charge in [-0.3, -0.25) is 9.69 Å². The molecule has 0 unspecified atom stereocenters. The second kappa shape index (κ2) is 5.79. The van der Waals surface area contributed by atoms with Crippen LogP contribution >= 0.6 is 0 Å². The predicted octanol–water partition coefficient (Wildman–Crippen LogP) is 1.35. The molecule has 16 heavy (non-hydrogen) atoms. The molecule has 0 N–H and O–H groups in total. The van der Waals surface area contributed by atoms with Gasteiger partial charge in [0.2, 0.25) is 0 Å². The van der Waals surface area contributed by atoms with Gasteiger partial charge >= 0.3 is 5.97 Å². The number of carbonyl (C=O) groups excluding carboxylic acids is 1. The van der Waals surface area contributed by atoms with Gasteiger partial charge < -0.3 is 9.30 Å². The zero-order valence-corrected chi connectivity index (χ0v) is 12.0. The molecule has 0 radical (unpaired) electrons. The van der Waals surface area contributed by atoms with Crippen LogP contribution in [-0.2, 0) is 9.53 Å². The topological polar surface area (TPSA) is 32.8 Å². The number of ether oxygens (including phenoxy) is 1. The molecule has 0 saturated carbocycles. The molecule has 0 aromatic heterocycles.